The quantitative estimate of drug-likeness (QED) is 0.391. The Kier molecular flexibility index (Phi) is 6.28. The first-order chi connectivity index (χ1) is 15.5. The van der Waals surface area contributed by atoms with Gasteiger partial charge in [-0.3, -0.25) is 4.79 Å². The van der Waals surface area contributed by atoms with Crippen molar-refractivity contribution in [3.05, 3.63) is 95.5 Å². The first-order valence-corrected chi connectivity index (χ1v) is 9.90. The summed E-state index contributed by atoms with van der Waals surface area (Å²) in [4.78, 5) is 20.9. The molecule has 4 aromatic rings. The summed E-state index contributed by atoms with van der Waals surface area (Å²) in [5.41, 5.74) is 2.44. The number of halogens is 2. The highest BCUT2D eigenvalue weighted by molar-refractivity contribution is 6.31. The molecule has 0 spiro atoms. The smallest absolute Gasteiger partial charge is 0.321 e. The fourth-order valence-electron chi connectivity index (χ4n) is 2.88. The second kappa shape index (κ2) is 9.45. The van der Waals surface area contributed by atoms with E-state index in [9.17, 15) is 9.18 Å². The van der Waals surface area contributed by atoms with E-state index in [1.807, 2.05) is 12.1 Å². The number of rotatable bonds is 6. The number of hydrogen-bond acceptors (Lipinski definition) is 5. The molecule has 6 nitrogen and oxygen atoms in total. The number of hydrogen-bond donors (Lipinski definition) is 1. The number of nitrogens with one attached hydrogen (secondary N) is 1. The van der Waals surface area contributed by atoms with Gasteiger partial charge in [-0.2, -0.15) is 0 Å². The molecule has 4 rings (SSSR count). The molecule has 1 heterocycles. The third kappa shape index (κ3) is 5.01. The highest BCUT2D eigenvalue weighted by atomic mass is 35.5. The van der Waals surface area contributed by atoms with Crippen LogP contribution in [0.15, 0.2) is 79.1 Å². The average Bonchev–Trinajstić information content (AvgIpc) is 2.82. The van der Waals surface area contributed by atoms with Crippen molar-refractivity contribution < 1.29 is 18.7 Å². The van der Waals surface area contributed by atoms with Crippen LogP contribution in [0.2, 0.25) is 5.02 Å². The molecule has 0 bridgehead atoms. The van der Waals surface area contributed by atoms with Crippen LogP contribution in [0, 0.1) is 5.82 Å². The van der Waals surface area contributed by atoms with E-state index >= 15 is 0 Å². The molecule has 0 unspecified atom stereocenters. The van der Waals surface area contributed by atoms with Crippen LogP contribution in [0.5, 0.6) is 17.5 Å². The Morgan fingerprint density at radius 2 is 1.66 bits per heavy atom. The summed E-state index contributed by atoms with van der Waals surface area (Å²) in [5.74, 6) is 0.356. The molecular formula is C24H17ClFN3O3. The third-order valence-electron chi connectivity index (χ3n) is 4.54. The molecular weight excluding hydrogens is 433 g/mol. The van der Waals surface area contributed by atoms with Crippen molar-refractivity contribution >= 4 is 23.2 Å². The SMILES string of the molecule is COc1cccc(Oc2ncc(-c3ccc(C(=O)Nc4ccc(F)c(Cl)c4)cc3)cn2)c1. The minimum absolute atomic E-state index is 0.0584. The lowest BCUT2D eigenvalue weighted by atomic mass is 10.1. The van der Waals surface area contributed by atoms with Gasteiger partial charge >= 0.3 is 6.01 Å². The predicted molar refractivity (Wildman–Crippen MR) is 120 cm³/mol. The zero-order valence-electron chi connectivity index (χ0n) is 16.9. The lowest BCUT2D eigenvalue weighted by Crippen LogP contribution is -2.11. The van der Waals surface area contributed by atoms with Gasteiger partial charge in [-0.1, -0.05) is 29.8 Å². The third-order valence-corrected chi connectivity index (χ3v) is 4.83. The van der Waals surface area contributed by atoms with Crippen molar-refractivity contribution in [3.63, 3.8) is 0 Å². The van der Waals surface area contributed by atoms with E-state index in [0.717, 1.165) is 11.1 Å². The van der Waals surface area contributed by atoms with E-state index in [-0.39, 0.29) is 16.9 Å². The number of benzene rings is 3. The molecule has 0 aliphatic carbocycles. The molecule has 0 aliphatic heterocycles. The largest absolute Gasteiger partial charge is 0.497 e. The van der Waals surface area contributed by atoms with Crippen LogP contribution < -0.4 is 14.8 Å². The maximum Gasteiger partial charge on any atom is 0.321 e. The molecule has 1 amide bonds. The monoisotopic (exact) mass is 449 g/mol. The second-order valence-corrected chi connectivity index (χ2v) is 7.10. The summed E-state index contributed by atoms with van der Waals surface area (Å²) in [6.45, 7) is 0. The van der Waals surface area contributed by atoms with Crippen molar-refractivity contribution in [2.45, 2.75) is 0 Å². The summed E-state index contributed by atoms with van der Waals surface area (Å²) >= 11 is 5.75. The number of methoxy groups -OCH3 is 1. The zero-order chi connectivity index (χ0) is 22.5. The van der Waals surface area contributed by atoms with Gasteiger partial charge in [0, 0.05) is 35.3 Å². The highest BCUT2D eigenvalue weighted by Gasteiger charge is 2.09. The summed E-state index contributed by atoms with van der Waals surface area (Å²) in [6, 6.07) is 18.3. The average molecular weight is 450 g/mol. The molecule has 0 fully saturated rings. The topological polar surface area (TPSA) is 73.3 Å². The van der Waals surface area contributed by atoms with Gasteiger partial charge < -0.3 is 14.8 Å². The van der Waals surface area contributed by atoms with Crippen molar-refractivity contribution in [1.29, 1.82) is 0 Å². The Morgan fingerprint density at radius 3 is 2.34 bits per heavy atom. The van der Waals surface area contributed by atoms with E-state index in [0.29, 0.717) is 22.7 Å². The minimum Gasteiger partial charge on any atom is -0.497 e. The maximum absolute atomic E-state index is 13.3. The predicted octanol–water partition coefficient (Wildman–Crippen LogP) is 5.99. The van der Waals surface area contributed by atoms with Crippen LogP contribution in [0.4, 0.5) is 10.1 Å². The highest BCUT2D eigenvalue weighted by Crippen LogP contribution is 2.25. The van der Waals surface area contributed by atoms with Crippen LogP contribution in [-0.2, 0) is 0 Å². The first kappa shape index (κ1) is 21.3. The second-order valence-electron chi connectivity index (χ2n) is 6.70. The van der Waals surface area contributed by atoms with Crippen molar-refractivity contribution in [2.24, 2.45) is 0 Å². The van der Waals surface area contributed by atoms with Crippen LogP contribution in [-0.4, -0.2) is 23.0 Å². The van der Waals surface area contributed by atoms with Gasteiger partial charge in [-0.05, 0) is 48.0 Å². The number of carbonyl (C=O) groups excluding carboxylic acids is 1. The summed E-state index contributed by atoms with van der Waals surface area (Å²) in [7, 11) is 1.58. The Morgan fingerprint density at radius 1 is 0.938 bits per heavy atom. The molecule has 160 valence electrons. The standard InChI is InChI=1S/C24H17ClFN3O3/c1-31-19-3-2-4-20(12-19)32-24-27-13-17(14-28-24)15-5-7-16(8-6-15)23(30)29-18-9-10-22(26)21(25)11-18/h2-14H,1H3,(H,29,30). The van der Waals surface area contributed by atoms with E-state index in [2.05, 4.69) is 15.3 Å². The Bertz CT molecular complexity index is 1250. The molecule has 1 N–H and O–H groups in total. The van der Waals surface area contributed by atoms with E-state index in [4.69, 9.17) is 21.1 Å². The van der Waals surface area contributed by atoms with Gasteiger partial charge in [-0.25, -0.2) is 14.4 Å². The molecule has 32 heavy (non-hydrogen) atoms. The van der Waals surface area contributed by atoms with Gasteiger partial charge in [-0.15, -0.1) is 0 Å². The van der Waals surface area contributed by atoms with Crippen LogP contribution in [0.1, 0.15) is 10.4 Å². The van der Waals surface area contributed by atoms with Gasteiger partial charge in [0.15, 0.2) is 0 Å². The first-order valence-electron chi connectivity index (χ1n) is 9.52. The molecule has 0 saturated heterocycles. The van der Waals surface area contributed by atoms with E-state index in [1.54, 1.807) is 55.9 Å². The maximum atomic E-state index is 13.3. The summed E-state index contributed by atoms with van der Waals surface area (Å²) in [5, 5.41) is 2.63. The molecule has 0 aliphatic rings. The van der Waals surface area contributed by atoms with Crippen molar-refractivity contribution in [1.82, 2.24) is 9.97 Å². The number of aromatic nitrogens is 2. The molecule has 8 heteroatoms. The molecule has 0 radical (unpaired) electrons. The molecule has 1 aromatic heterocycles. The van der Waals surface area contributed by atoms with Gasteiger partial charge in [0.2, 0.25) is 0 Å². The van der Waals surface area contributed by atoms with Crippen LogP contribution in [0.25, 0.3) is 11.1 Å². The minimum atomic E-state index is -0.545. The summed E-state index contributed by atoms with van der Waals surface area (Å²) < 4.78 is 24.1. The number of anilines is 1. The summed E-state index contributed by atoms with van der Waals surface area (Å²) in [6.07, 6.45) is 3.27. The van der Waals surface area contributed by atoms with Crippen LogP contribution in [0.3, 0.4) is 0 Å². The lowest BCUT2D eigenvalue weighted by Gasteiger charge is -2.08. The van der Waals surface area contributed by atoms with E-state index < -0.39 is 5.82 Å². The van der Waals surface area contributed by atoms with Crippen molar-refractivity contribution in [2.75, 3.05) is 12.4 Å². The fourth-order valence-corrected chi connectivity index (χ4v) is 3.06. The van der Waals surface area contributed by atoms with Crippen molar-refractivity contribution in [3.8, 4) is 28.6 Å². The van der Waals surface area contributed by atoms with Crippen LogP contribution >= 0.6 is 11.6 Å². The number of ether oxygens (including phenoxy) is 2. The lowest BCUT2D eigenvalue weighted by molar-refractivity contribution is 0.102. The number of carbonyl (C=O) groups is 1. The normalized spacial score (nSPS) is 10.5. The van der Waals surface area contributed by atoms with E-state index in [1.165, 1.54) is 18.2 Å². The Labute approximate surface area is 188 Å². The number of amides is 1. The number of nitrogens with zero attached hydrogens (tertiary/aromatic N) is 2. The fraction of sp³-hybridized carbons (Fsp3) is 0.0417. The van der Waals surface area contributed by atoms with Gasteiger partial charge in [0.25, 0.3) is 5.91 Å². The Hall–Kier alpha value is -3.97. The molecule has 0 atom stereocenters. The van der Waals surface area contributed by atoms with Gasteiger partial charge in [0.1, 0.15) is 17.3 Å². The Balaban J connectivity index is 1.43. The zero-order valence-corrected chi connectivity index (χ0v) is 17.6. The molecule has 3 aromatic carbocycles. The van der Waals surface area contributed by atoms with Gasteiger partial charge in [0.05, 0.1) is 12.1 Å². The molecule has 0 saturated carbocycles.